The van der Waals surface area contributed by atoms with Gasteiger partial charge >= 0.3 is 0 Å². The molecule has 126 valence electrons. The van der Waals surface area contributed by atoms with E-state index in [9.17, 15) is 5.11 Å². The van der Waals surface area contributed by atoms with Crippen molar-refractivity contribution in [3.05, 3.63) is 18.2 Å². The van der Waals surface area contributed by atoms with Crippen molar-refractivity contribution < 1.29 is 19.3 Å². The number of benzene rings is 1. The first-order valence-corrected chi connectivity index (χ1v) is 7.91. The average molecular weight is 321 g/mol. The zero-order valence-electron chi connectivity index (χ0n) is 13.1. The minimum atomic E-state index is -0.824. The Bertz CT molecular complexity index is 570. The molecule has 1 aromatic carbocycles. The lowest BCUT2D eigenvalue weighted by atomic mass is 9.95. The number of fused-ring (bicyclic) bond motifs is 1. The first-order chi connectivity index (χ1) is 11.1. The summed E-state index contributed by atoms with van der Waals surface area (Å²) in [7, 11) is 0. The molecule has 7 heteroatoms. The van der Waals surface area contributed by atoms with Crippen LogP contribution in [0.1, 0.15) is 19.3 Å². The van der Waals surface area contributed by atoms with Gasteiger partial charge in [0.2, 0.25) is 0 Å². The SMILES string of the molecule is NC(=NCC1(O)CCOCC1)Nc1ccc2c(c1)OCCCO2. The second-order valence-corrected chi connectivity index (χ2v) is 5.88. The number of rotatable bonds is 3. The highest BCUT2D eigenvalue weighted by atomic mass is 16.5. The highest BCUT2D eigenvalue weighted by molar-refractivity contribution is 5.92. The quantitative estimate of drug-likeness (QED) is 0.570. The van der Waals surface area contributed by atoms with Crippen molar-refractivity contribution in [1.82, 2.24) is 0 Å². The Balaban J connectivity index is 1.62. The summed E-state index contributed by atoms with van der Waals surface area (Å²) in [5, 5.41) is 13.4. The molecule has 0 saturated carbocycles. The van der Waals surface area contributed by atoms with Crippen molar-refractivity contribution in [2.75, 3.05) is 38.3 Å². The molecule has 23 heavy (non-hydrogen) atoms. The Morgan fingerprint density at radius 1 is 1.17 bits per heavy atom. The van der Waals surface area contributed by atoms with Gasteiger partial charge in [-0.2, -0.15) is 0 Å². The highest BCUT2D eigenvalue weighted by Gasteiger charge is 2.29. The van der Waals surface area contributed by atoms with Gasteiger partial charge in [-0.1, -0.05) is 0 Å². The van der Waals surface area contributed by atoms with Crippen molar-refractivity contribution in [2.45, 2.75) is 24.9 Å². The Labute approximate surface area is 135 Å². The van der Waals surface area contributed by atoms with E-state index in [1.54, 1.807) is 0 Å². The molecule has 2 heterocycles. The second-order valence-electron chi connectivity index (χ2n) is 5.88. The summed E-state index contributed by atoms with van der Waals surface area (Å²) in [6.07, 6.45) is 2.02. The summed E-state index contributed by atoms with van der Waals surface area (Å²) in [5.41, 5.74) is 5.86. The fourth-order valence-corrected chi connectivity index (χ4v) is 2.57. The van der Waals surface area contributed by atoms with E-state index < -0.39 is 5.60 Å². The predicted molar refractivity (Wildman–Crippen MR) is 87.2 cm³/mol. The molecule has 1 saturated heterocycles. The Morgan fingerprint density at radius 2 is 1.91 bits per heavy atom. The molecule has 0 aliphatic carbocycles. The number of aliphatic hydroxyl groups is 1. The minimum Gasteiger partial charge on any atom is -0.490 e. The number of nitrogens with two attached hydrogens (primary N) is 1. The van der Waals surface area contributed by atoms with Crippen molar-refractivity contribution in [1.29, 1.82) is 0 Å². The van der Waals surface area contributed by atoms with E-state index in [0.717, 1.165) is 17.9 Å². The van der Waals surface area contributed by atoms with Gasteiger partial charge in [-0.15, -0.1) is 0 Å². The van der Waals surface area contributed by atoms with Crippen molar-refractivity contribution in [3.8, 4) is 11.5 Å². The molecule has 0 atom stereocenters. The Hall–Kier alpha value is -1.99. The molecule has 0 bridgehead atoms. The maximum Gasteiger partial charge on any atom is 0.193 e. The molecular weight excluding hydrogens is 298 g/mol. The van der Waals surface area contributed by atoms with Crippen LogP contribution < -0.4 is 20.5 Å². The van der Waals surface area contributed by atoms with Gasteiger partial charge < -0.3 is 30.4 Å². The summed E-state index contributed by atoms with van der Waals surface area (Å²) in [4.78, 5) is 4.25. The Morgan fingerprint density at radius 3 is 2.70 bits per heavy atom. The number of nitrogens with one attached hydrogen (secondary N) is 1. The summed E-state index contributed by atoms with van der Waals surface area (Å²) < 4.78 is 16.5. The third-order valence-electron chi connectivity index (χ3n) is 3.99. The first kappa shape index (κ1) is 15.9. The summed E-state index contributed by atoms with van der Waals surface area (Å²) in [5.74, 6) is 1.70. The van der Waals surface area contributed by atoms with Crippen molar-refractivity contribution in [2.24, 2.45) is 10.7 Å². The normalized spacial score (nSPS) is 20.7. The summed E-state index contributed by atoms with van der Waals surface area (Å²) in [6.45, 7) is 2.67. The number of aliphatic imine (C=N–C) groups is 1. The van der Waals surface area contributed by atoms with E-state index >= 15 is 0 Å². The molecular formula is C16H23N3O4. The molecule has 4 N–H and O–H groups in total. The largest absolute Gasteiger partial charge is 0.490 e. The van der Waals surface area contributed by atoms with Crippen LogP contribution >= 0.6 is 0 Å². The number of guanidine groups is 1. The van der Waals surface area contributed by atoms with Crippen LogP contribution in [0.25, 0.3) is 0 Å². The second kappa shape index (κ2) is 7.06. The number of nitrogens with zero attached hydrogens (tertiary/aromatic N) is 1. The molecule has 7 nitrogen and oxygen atoms in total. The van der Waals surface area contributed by atoms with Gasteiger partial charge in [0, 0.05) is 44.2 Å². The van der Waals surface area contributed by atoms with Crippen LogP contribution in [0.15, 0.2) is 23.2 Å². The zero-order chi connectivity index (χ0) is 16.1. The van der Waals surface area contributed by atoms with Gasteiger partial charge in [-0.25, -0.2) is 0 Å². The van der Waals surface area contributed by atoms with Gasteiger partial charge in [-0.3, -0.25) is 4.99 Å². The molecule has 1 fully saturated rings. The van der Waals surface area contributed by atoms with Crippen molar-refractivity contribution in [3.63, 3.8) is 0 Å². The monoisotopic (exact) mass is 321 g/mol. The van der Waals surface area contributed by atoms with Gasteiger partial charge in [0.05, 0.1) is 25.4 Å². The van der Waals surface area contributed by atoms with Gasteiger partial charge in [-0.05, 0) is 12.1 Å². The topological polar surface area (TPSA) is 98.3 Å². The first-order valence-electron chi connectivity index (χ1n) is 7.91. The molecule has 0 spiro atoms. The van der Waals surface area contributed by atoms with Gasteiger partial charge in [0.25, 0.3) is 0 Å². The van der Waals surface area contributed by atoms with Crippen LogP contribution in [0, 0.1) is 0 Å². The standard InChI is InChI=1S/C16H23N3O4/c17-15(18-11-16(20)4-8-21-9-5-16)19-12-2-3-13-14(10-12)23-7-1-6-22-13/h2-3,10,20H,1,4-9,11H2,(H3,17,18,19). The van der Waals surface area contributed by atoms with Crippen molar-refractivity contribution >= 4 is 11.6 Å². The number of hydrogen-bond acceptors (Lipinski definition) is 5. The summed E-state index contributed by atoms with van der Waals surface area (Å²) in [6, 6.07) is 5.55. The van der Waals surface area contributed by atoms with E-state index in [2.05, 4.69) is 10.3 Å². The van der Waals surface area contributed by atoms with Crippen LogP contribution in [-0.2, 0) is 4.74 Å². The lowest BCUT2D eigenvalue weighted by Crippen LogP contribution is -2.40. The third kappa shape index (κ3) is 4.27. The van der Waals surface area contributed by atoms with E-state index in [-0.39, 0.29) is 12.5 Å². The van der Waals surface area contributed by atoms with Crippen LogP contribution in [0.4, 0.5) is 5.69 Å². The molecule has 2 aliphatic rings. The zero-order valence-corrected chi connectivity index (χ0v) is 13.1. The number of anilines is 1. The Kier molecular flexibility index (Phi) is 4.88. The van der Waals surface area contributed by atoms with Crippen LogP contribution in [0.5, 0.6) is 11.5 Å². The van der Waals surface area contributed by atoms with Gasteiger partial charge in [0.15, 0.2) is 17.5 Å². The van der Waals surface area contributed by atoms with Crippen LogP contribution in [0.2, 0.25) is 0 Å². The average Bonchev–Trinajstić information content (AvgIpc) is 2.79. The fraction of sp³-hybridized carbons (Fsp3) is 0.562. The lowest BCUT2D eigenvalue weighted by molar-refractivity contribution is -0.0565. The maximum atomic E-state index is 10.4. The number of hydrogen-bond donors (Lipinski definition) is 3. The number of ether oxygens (including phenoxy) is 3. The molecule has 1 aromatic rings. The molecule has 0 radical (unpaired) electrons. The van der Waals surface area contributed by atoms with E-state index in [1.165, 1.54) is 0 Å². The van der Waals surface area contributed by atoms with Crippen LogP contribution in [0.3, 0.4) is 0 Å². The molecule has 2 aliphatic heterocycles. The molecule has 3 rings (SSSR count). The van der Waals surface area contributed by atoms with E-state index in [1.807, 2.05) is 18.2 Å². The van der Waals surface area contributed by atoms with E-state index in [0.29, 0.717) is 45.0 Å². The lowest BCUT2D eigenvalue weighted by Gasteiger charge is -2.30. The smallest absolute Gasteiger partial charge is 0.193 e. The fourth-order valence-electron chi connectivity index (χ4n) is 2.57. The molecule has 0 aromatic heterocycles. The van der Waals surface area contributed by atoms with Gasteiger partial charge in [0.1, 0.15) is 0 Å². The van der Waals surface area contributed by atoms with E-state index in [4.69, 9.17) is 19.9 Å². The summed E-state index contributed by atoms with van der Waals surface area (Å²) >= 11 is 0. The predicted octanol–water partition coefficient (Wildman–Crippen LogP) is 1.12. The minimum absolute atomic E-state index is 0.263. The molecule has 0 amide bonds. The van der Waals surface area contributed by atoms with Crippen LogP contribution in [-0.4, -0.2) is 49.6 Å². The maximum absolute atomic E-state index is 10.4. The highest BCUT2D eigenvalue weighted by Crippen LogP contribution is 2.32. The third-order valence-corrected chi connectivity index (χ3v) is 3.99. The molecule has 0 unspecified atom stereocenters.